The van der Waals surface area contributed by atoms with Crippen LogP contribution in [0, 0.1) is 24.7 Å². The largest absolute Gasteiger partial charge is 0.312 e. The van der Waals surface area contributed by atoms with Gasteiger partial charge in [-0.3, -0.25) is 4.68 Å². The van der Waals surface area contributed by atoms with Gasteiger partial charge < -0.3 is 5.32 Å². The lowest BCUT2D eigenvalue weighted by Gasteiger charge is -2.16. The highest BCUT2D eigenvalue weighted by Gasteiger charge is 2.40. The van der Waals surface area contributed by atoms with Crippen molar-refractivity contribution in [3.63, 3.8) is 0 Å². The second kappa shape index (κ2) is 5.09. The minimum absolute atomic E-state index is 0.924. The molecule has 4 heteroatoms. The van der Waals surface area contributed by atoms with Crippen LogP contribution in [0.5, 0.6) is 0 Å². The van der Waals surface area contributed by atoms with Gasteiger partial charge in [-0.1, -0.05) is 0 Å². The Balaban J connectivity index is 1.41. The van der Waals surface area contributed by atoms with Crippen LogP contribution in [-0.2, 0) is 13.6 Å². The molecule has 2 aliphatic carbocycles. The number of pyridine rings is 1. The quantitative estimate of drug-likeness (QED) is 0.887. The normalized spacial score (nSPS) is 18.8. The number of hydrogen-bond acceptors (Lipinski definition) is 3. The van der Waals surface area contributed by atoms with Crippen LogP contribution in [0.4, 0.5) is 0 Å². The summed E-state index contributed by atoms with van der Waals surface area (Å²) in [6.45, 7) is 4.16. The summed E-state index contributed by atoms with van der Waals surface area (Å²) in [6, 6.07) is 2.24. The van der Waals surface area contributed by atoms with Crippen LogP contribution in [0.3, 0.4) is 0 Å². The number of rotatable bonds is 6. The van der Waals surface area contributed by atoms with E-state index in [1.54, 1.807) is 0 Å². The molecule has 0 amide bonds. The van der Waals surface area contributed by atoms with Gasteiger partial charge in [-0.25, -0.2) is 4.98 Å². The number of nitrogens with one attached hydrogen (secondary N) is 1. The predicted octanol–water partition coefficient (Wildman–Crippen LogP) is 2.80. The van der Waals surface area contributed by atoms with E-state index in [1.165, 1.54) is 43.2 Å². The van der Waals surface area contributed by atoms with Crippen LogP contribution < -0.4 is 5.32 Å². The highest BCUT2D eigenvalue weighted by molar-refractivity contribution is 5.78. The van der Waals surface area contributed by atoms with Gasteiger partial charge in [-0.2, -0.15) is 5.10 Å². The maximum atomic E-state index is 4.55. The monoisotopic (exact) mass is 284 g/mol. The van der Waals surface area contributed by atoms with Crippen molar-refractivity contribution >= 4 is 11.0 Å². The molecule has 2 aromatic rings. The first kappa shape index (κ1) is 13.3. The van der Waals surface area contributed by atoms with E-state index in [0.29, 0.717) is 0 Å². The van der Waals surface area contributed by atoms with E-state index in [4.69, 9.17) is 0 Å². The van der Waals surface area contributed by atoms with Gasteiger partial charge in [0, 0.05) is 25.2 Å². The summed E-state index contributed by atoms with van der Waals surface area (Å²) < 4.78 is 1.86. The van der Waals surface area contributed by atoms with Gasteiger partial charge in [-0.05, 0) is 68.5 Å². The number of hydrogen-bond donors (Lipinski definition) is 1. The molecule has 0 spiro atoms. The standard InChI is InChI=1S/C17H24N4/c1-11-15-7-12(9-19-17(15)21(2)20-11)8-18-10-16(13-3-4-13)14-5-6-14/h7,9,13-14,16,18H,3-6,8,10H2,1-2H3. The van der Waals surface area contributed by atoms with Gasteiger partial charge in [-0.15, -0.1) is 0 Å². The smallest absolute Gasteiger partial charge is 0.157 e. The van der Waals surface area contributed by atoms with Crippen LogP contribution >= 0.6 is 0 Å². The summed E-state index contributed by atoms with van der Waals surface area (Å²) >= 11 is 0. The molecule has 0 saturated heterocycles. The van der Waals surface area contributed by atoms with Crippen molar-refractivity contribution in [2.24, 2.45) is 24.8 Å². The van der Waals surface area contributed by atoms with E-state index in [-0.39, 0.29) is 0 Å². The number of aryl methyl sites for hydroxylation is 2. The zero-order chi connectivity index (χ0) is 14.4. The third-order valence-electron chi connectivity index (χ3n) is 5.08. The van der Waals surface area contributed by atoms with E-state index in [9.17, 15) is 0 Å². The molecule has 0 radical (unpaired) electrons. The zero-order valence-electron chi connectivity index (χ0n) is 13.0. The second-order valence-electron chi connectivity index (χ2n) is 6.89. The highest BCUT2D eigenvalue weighted by atomic mass is 15.3. The maximum absolute atomic E-state index is 4.55. The fourth-order valence-corrected chi connectivity index (χ4v) is 3.60. The second-order valence-corrected chi connectivity index (χ2v) is 6.89. The fourth-order valence-electron chi connectivity index (χ4n) is 3.60. The van der Waals surface area contributed by atoms with Crippen molar-refractivity contribution < 1.29 is 0 Å². The predicted molar refractivity (Wildman–Crippen MR) is 83.9 cm³/mol. The summed E-state index contributed by atoms with van der Waals surface area (Å²) in [6.07, 6.45) is 7.84. The lowest BCUT2D eigenvalue weighted by atomic mass is 9.98. The number of aromatic nitrogens is 3. The molecular weight excluding hydrogens is 260 g/mol. The molecule has 0 aromatic carbocycles. The average molecular weight is 284 g/mol. The van der Waals surface area contributed by atoms with Crippen LogP contribution in [0.15, 0.2) is 12.3 Å². The molecule has 4 rings (SSSR count). The van der Waals surface area contributed by atoms with Crippen molar-refractivity contribution in [1.82, 2.24) is 20.1 Å². The average Bonchev–Trinajstić information content (AvgIpc) is 3.36. The Bertz CT molecular complexity index is 640. The first-order valence-corrected chi connectivity index (χ1v) is 8.21. The Morgan fingerprint density at radius 3 is 2.67 bits per heavy atom. The van der Waals surface area contributed by atoms with Crippen molar-refractivity contribution in [3.05, 3.63) is 23.5 Å². The maximum Gasteiger partial charge on any atom is 0.157 e. The Morgan fingerprint density at radius 1 is 1.29 bits per heavy atom. The molecule has 0 atom stereocenters. The first-order valence-electron chi connectivity index (χ1n) is 8.21. The molecule has 0 bridgehead atoms. The molecule has 2 heterocycles. The third kappa shape index (κ3) is 2.69. The van der Waals surface area contributed by atoms with Gasteiger partial charge >= 0.3 is 0 Å². The molecular formula is C17H24N4. The number of fused-ring (bicyclic) bond motifs is 1. The minimum atomic E-state index is 0.924. The van der Waals surface area contributed by atoms with Crippen molar-refractivity contribution in [2.75, 3.05) is 6.54 Å². The Labute approximate surface area is 125 Å². The Morgan fingerprint density at radius 2 is 2.00 bits per heavy atom. The van der Waals surface area contributed by atoms with Gasteiger partial charge in [0.15, 0.2) is 5.65 Å². The van der Waals surface area contributed by atoms with Gasteiger partial charge in [0.25, 0.3) is 0 Å². The first-order chi connectivity index (χ1) is 10.2. The fraction of sp³-hybridized carbons (Fsp3) is 0.647. The van der Waals surface area contributed by atoms with E-state index in [0.717, 1.165) is 35.6 Å². The molecule has 1 N–H and O–H groups in total. The molecule has 0 unspecified atom stereocenters. The molecule has 2 aromatic heterocycles. The Kier molecular flexibility index (Phi) is 3.21. The lowest BCUT2D eigenvalue weighted by molar-refractivity contribution is 0.378. The molecule has 2 saturated carbocycles. The third-order valence-corrected chi connectivity index (χ3v) is 5.08. The summed E-state index contributed by atoms with van der Waals surface area (Å²) in [4.78, 5) is 4.55. The lowest BCUT2D eigenvalue weighted by Crippen LogP contribution is -2.25. The van der Waals surface area contributed by atoms with Gasteiger partial charge in [0.05, 0.1) is 5.69 Å². The van der Waals surface area contributed by atoms with E-state index in [1.807, 2.05) is 17.9 Å². The summed E-state index contributed by atoms with van der Waals surface area (Å²) in [5.74, 6) is 2.97. The van der Waals surface area contributed by atoms with E-state index in [2.05, 4.69) is 28.4 Å². The molecule has 112 valence electrons. The van der Waals surface area contributed by atoms with Crippen molar-refractivity contribution in [2.45, 2.75) is 39.2 Å². The molecule has 4 nitrogen and oxygen atoms in total. The molecule has 0 aliphatic heterocycles. The van der Waals surface area contributed by atoms with Crippen LogP contribution in [-0.4, -0.2) is 21.3 Å². The summed E-state index contributed by atoms with van der Waals surface area (Å²) in [5, 5.41) is 9.28. The van der Waals surface area contributed by atoms with E-state index < -0.39 is 0 Å². The SMILES string of the molecule is Cc1nn(C)c2ncc(CNCC(C3CC3)C3CC3)cc12. The summed E-state index contributed by atoms with van der Waals surface area (Å²) in [7, 11) is 1.95. The van der Waals surface area contributed by atoms with Crippen LogP contribution in [0.25, 0.3) is 11.0 Å². The van der Waals surface area contributed by atoms with Gasteiger partial charge in [0.1, 0.15) is 0 Å². The molecule has 2 fully saturated rings. The van der Waals surface area contributed by atoms with Crippen LogP contribution in [0.1, 0.15) is 36.9 Å². The highest BCUT2D eigenvalue weighted by Crippen LogP contribution is 2.48. The number of nitrogens with zero attached hydrogens (tertiary/aromatic N) is 3. The Hall–Kier alpha value is -1.42. The molecule has 21 heavy (non-hydrogen) atoms. The van der Waals surface area contributed by atoms with E-state index >= 15 is 0 Å². The summed E-state index contributed by atoms with van der Waals surface area (Å²) in [5.41, 5.74) is 3.31. The van der Waals surface area contributed by atoms with Crippen LogP contribution in [0.2, 0.25) is 0 Å². The topological polar surface area (TPSA) is 42.7 Å². The van der Waals surface area contributed by atoms with Crippen molar-refractivity contribution in [1.29, 1.82) is 0 Å². The zero-order valence-corrected chi connectivity index (χ0v) is 13.0. The minimum Gasteiger partial charge on any atom is -0.312 e. The molecule has 2 aliphatic rings. The van der Waals surface area contributed by atoms with Crippen molar-refractivity contribution in [3.8, 4) is 0 Å². The van der Waals surface area contributed by atoms with Gasteiger partial charge in [0.2, 0.25) is 0 Å².